The summed E-state index contributed by atoms with van der Waals surface area (Å²) in [4.78, 5) is 11.2. The third kappa shape index (κ3) is 3.89. The van der Waals surface area contributed by atoms with E-state index in [1.54, 1.807) is 23.4 Å². The molecule has 1 aromatic heterocycles. The minimum atomic E-state index is -0.158. The van der Waals surface area contributed by atoms with Crippen molar-refractivity contribution < 1.29 is 0 Å². The average molecular weight is 258 g/mol. The van der Waals surface area contributed by atoms with Gasteiger partial charge in [0, 0.05) is 18.3 Å². The first-order valence-electron chi connectivity index (χ1n) is 6.11. The molecule has 0 amide bonds. The highest BCUT2D eigenvalue weighted by atomic mass is 32.2. The zero-order valence-electron chi connectivity index (χ0n) is 11.0. The van der Waals surface area contributed by atoms with Crippen LogP contribution in [0.4, 0.5) is 0 Å². The summed E-state index contributed by atoms with van der Waals surface area (Å²) in [7, 11) is 1.74. The summed E-state index contributed by atoms with van der Waals surface area (Å²) >= 11 is 1.63. The highest BCUT2D eigenvalue weighted by molar-refractivity contribution is 7.99. The number of thioether (sulfide) groups is 1. The molecular formula is C11H22N4OS. The maximum absolute atomic E-state index is 11.2. The van der Waals surface area contributed by atoms with E-state index in [4.69, 9.17) is 0 Å². The summed E-state index contributed by atoms with van der Waals surface area (Å²) in [5.41, 5.74) is -0.158. The fourth-order valence-corrected chi connectivity index (χ4v) is 2.78. The van der Waals surface area contributed by atoms with Gasteiger partial charge in [-0.25, -0.2) is 9.89 Å². The molecule has 2 unspecified atom stereocenters. The first-order chi connectivity index (χ1) is 8.10. The molecule has 0 bridgehead atoms. The van der Waals surface area contributed by atoms with Gasteiger partial charge in [-0.2, -0.15) is 0 Å². The third-order valence-electron chi connectivity index (χ3n) is 2.79. The van der Waals surface area contributed by atoms with Crippen LogP contribution < -0.4 is 11.0 Å². The van der Waals surface area contributed by atoms with Crippen molar-refractivity contribution in [3.8, 4) is 0 Å². The molecule has 0 spiro atoms. The zero-order valence-corrected chi connectivity index (χ0v) is 11.8. The Morgan fingerprint density at radius 3 is 2.71 bits per heavy atom. The Balaban J connectivity index is 2.60. The van der Waals surface area contributed by atoms with Gasteiger partial charge in [-0.05, 0) is 19.4 Å². The number of H-pyrrole nitrogens is 1. The first kappa shape index (κ1) is 14.3. The summed E-state index contributed by atoms with van der Waals surface area (Å²) in [6.07, 6.45) is 2.21. The van der Waals surface area contributed by atoms with E-state index in [1.165, 1.54) is 0 Å². The Labute approximate surface area is 106 Å². The zero-order chi connectivity index (χ0) is 12.8. The van der Waals surface area contributed by atoms with Gasteiger partial charge in [0.05, 0.1) is 0 Å². The van der Waals surface area contributed by atoms with Crippen LogP contribution in [0.2, 0.25) is 0 Å². The molecule has 98 valence electrons. The molecule has 5 nitrogen and oxygen atoms in total. The van der Waals surface area contributed by atoms with Gasteiger partial charge in [0.1, 0.15) is 0 Å². The molecule has 2 N–H and O–H groups in total. The van der Waals surface area contributed by atoms with Crippen LogP contribution in [0.25, 0.3) is 0 Å². The van der Waals surface area contributed by atoms with Gasteiger partial charge in [0.15, 0.2) is 5.16 Å². The molecule has 17 heavy (non-hydrogen) atoms. The van der Waals surface area contributed by atoms with Crippen molar-refractivity contribution in [1.29, 1.82) is 0 Å². The number of nitrogens with zero attached hydrogens (tertiary/aromatic N) is 2. The van der Waals surface area contributed by atoms with Crippen molar-refractivity contribution in [2.75, 3.05) is 6.54 Å². The molecule has 0 aliphatic heterocycles. The lowest BCUT2D eigenvalue weighted by atomic mass is 10.1. The number of rotatable bonds is 7. The van der Waals surface area contributed by atoms with E-state index in [9.17, 15) is 4.79 Å². The smallest absolute Gasteiger partial charge is 0.313 e. The van der Waals surface area contributed by atoms with Crippen LogP contribution in [0.15, 0.2) is 9.95 Å². The van der Waals surface area contributed by atoms with E-state index in [0.29, 0.717) is 11.3 Å². The average Bonchev–Trinajstić information content (AvgIpc) is 2.62. The second kappa shape index (κ2) is 6.86. The van der Waals surface area contributed by atoms with Gasteiger partial charge in [-0.3, -0.25) is 4.57 Å². The molecule has 0 radical (unpaired) electrons. The molecule has 0 saturated heterocycles. The lowest BCUT2D eigenvalue weighted by Crippen LogP contribution is -2.36. The summed E-state index contributed by atoms with van der Waals surface area (Å²) in [6.45, 7) is 7.53. The van der Waals surface area contributed by atoms with E-state index >= 15 is 0 Å². The fourth-order valence-electron chi connectivity index (χ4n) is 1.66. The predicted octanol–water partition coefficient (Wildman–Crippen LogP) is 1.37. The second-order valence-corrected chi connectivity index (χ2v) is 5.51. The van der Waals surface area contributed by atoms with Crippen LogP contribution in [0.1, 0.15) is 33.6 Å². The number of aromatic nitrogens is 3. The second-order valence-electron chi connectivity index (χ2n) is 4.16. The Hall–Kier alpha value is -0.750. The molecule has 6 heteroatoms. The Morgan fingerprint density at radius 2 is 2.24 bits per heavy atom. The molecule has 2 atom stereocenters. The monoisotopic (exact) mass is 258 g/mol. The number of nitrogens with one attached hydrogen (secondary N) is 2. The third-order valence-corrected chi connectivity index (χ3v) is 4.07. The summed E-state index contributed by atoms with van der Waals surface area (Å²) in [5, 5.41) is 11.1. The Morgan fingerprint density at radius 1 is 1.53 bits per heavy atom. The van der Waals surface area contributed by atoms with Crippen molar-refractivity contribution in [3.63, 3.8) is 0 Å². The molecular weight excluding hydrogens is 236 g/mol. The van der Waals surface area contributed by atoms with E-state index in [2.05, 4.69) is 36.3 Å². The lowest BCUT2D eigenvalue weighted by Gasteiger charge is -2.22. The highest BCUT2D eigenvalue weighted by Crippen LogP contribution is 2.22. The maximum Gasteiger partial charge on any atom is 0.343 e. The van der Waals surface area contributed by atoms with Crippen LogP contribution >= 0.6 is 11.8 Å². The maximum atomic E-state index is 11.2. The fraction of sp³-hybridized carbons (Fsp3) is 0.818. The molecule has 0 aliphatic rings. The molecule has 0 saturated carbocycles. The number of aromatic amines is 1. The van der Waals surface area contributed by atoms with Crippen molar-refractivity contribution in [2.45, 2.75) is 50.1 Å². The molecule has 0 aromatic carbocycles. The quantitative estimate of drug-likeness (QED) is 0.725. The number of hydrogen-bond donors (Lipinski definition) is 2. The van der Waals surface area contributed by atoms with Crippen molar-refractivity contribution in [3.05, 3.63) is 10.5 Å². The SMILES string of the molecule is CCCNC(CC)C(C)Sc1n[nH]c(=O)n1C. The molecule has 1 rings (SSSR count). The van der Waals surface area contributed by atoms with E-state index in [1.807, 2.05) is 0 Å². The normalized spacial score (nSPS) is 14.8. The van der Waals surface area contributed by atoms with Crippen LogP contribution in [0, 0.1) is 0 Å². The predicted molar refractivity (Wildman–Crippen MR) is 71.5 cm³/mol. The first-order valence-corrected chi connectivity index (χ1v) is 6.99. The van der Waals surface area contributed by atoms with Crippen molar-refractivity contribution in [2.24, 2.45) is 7.05 Å². The van der Waals surface area contributed by atoms with Crippen LogP contribution in [0.3, 0.4) is 0 Å². The van der Waals surface area contributed by atoms with Crippen LogP contribution in [-0.2, 0) is 7.05 Å². The van der Waals surface area contributed by atoms with Gasteiger partial charge < -0.3 is 5.32 Å². The summed E-state index contributed by atoms with van der Waals surface area (Å²) < 4.78 is 1.55. The van der Waals surface area contributed by atoms with Crippen LogP contribution in [-0.4, -0.2) is 32.6 Å². The van der Waals surface area contributed by atoms with Gasteiger partial charge in [-0.1, -0.05) is 32.5 Å². The summed E-state index contributed by atoms with van der Waals surface area (Å²) in [5.74, 6) is 0. The minimum absolute atomic E-state index is 0.158. The van der Waals surface area contributed by atoms with Gasteiger partial charge in [0.2, 0.25) is 0 Å². The Kier molecular flexibility index (Phi) is 5.77. The van der Waals surface area contributed by atoms with Gasteiger partial charge in [-0.15, -0.1) is 5.10 Å². The molecule has 0 aliphatic carbocycles. The van der Waals surface area contributed by atoms with E-state index < -0.39 is 0 Å². The highest BCUT2D eigenvalue weighted by Gasteiger charge is 2.18. The lowest BCUT2D eigenvalue weighted by molar-refractivity contribution is 0.493. The standard InChI is InChI=1S/C11H22N4OS/c1-5-7-12-9(6-2)8(3)17-11-14-13-10(16)15(11)4/h8-9,12H,5-7H2,1-4H3,(H,13,16). The van der Waals surface area contributed by atoms with E-state index in [-0.39, 0.29) is 5.69 Å². The number of hydrogen-bond acceptors (Lipinski definition) is 4. The molecule has 1 heterocycles. The topological polar surface area (TPSA) is 62.7 Å². The minimum Gasteiger partial charge on any atom is -0.313 e. The van der Waals surface area contributed by atoms with Gasteiger partial charge >= 0.3 is 5.69 Å². The Bertz CT molecular complexity index is 387. The van der Waals surface area contributed by atoms with Crippen LogP contribution in [0.5, 0.6) is 0 Å². The summed E-state index contributed by atoms with van der Waals surface area (Å²) in [6, 6.07) is 0.451. The molecule has 0 fully saturated rings. The van der Waals surface area contributed by atoms with Crippen molar-refractivity contribution in [1.82, 2.24) is 20.1 Å². The molecule has 1 aromatic rings. The van der Waals surface area contributed by atoms with Crippen molar-refractivity contribution >= 4 is 11.8 Å². The largest absolute Gasteiger partial charge is 0.343 e. The van der Waals surface area contributed by atoms with Gasteiger partial charge in [0.25, 0.3) is 0 Å². The van der Waals surface area contributed by atoms with E-state index in [0.717, 1.165) is 24.5 Å².